The third kappa shape index (κ3) is 1.79. The van der Waals surface area contributed by atoms with Crippen LogP contribution in [0.15, 0.2) is 50.4 Å². The number of carbonyl (C=O) groups is 1. The number of hydrogen-bond donors (Lipinski definition) is 0. The Hall–Kier alpha value is -2.56. The van der Waals surface area contributed by atoms with Gasteiger partial charge in [-0.05, 0) is 31.2 Å². The van der Waals surface area contributed by atoms with Crippen LogP contribution in [-0.2, 0) is 6.54 Å². The minimum absolute atomic E-state index is 0.164. The van der Waals surface area contributed by atoms with Crippen LogP contribution in [0.1, 0.15) is 22.8 Å². The van der Waals surface area contributed by atoms with Gasteiger partial charge < -0.3 is 8.83 Å². The standard InChI is InChI=1S/C14H11NO4/c1-2-15-11-4-3-9(7-12(11)19-14(15)17)13(16)10-5-6-18-8-10/h3-8H,2H2,1H3. The molecule has 0 bridgehead atoms. The normalized spacial score (nSPS) is 11.0. The van der Waals surface area contributed by atoms with E-state index in [0.717, 1.165) is 0 Å². The maximum absolute atomic E-state index is 12.1. The number of benzene rings is 1. The summed E-state index contributed by atoms with van der Waals surface area (Å²) in [6.07, 6.45) is 2.83. The molecule has 0 atom stereocenters. The topological polar surface area (TPSA) is 65.3 Å². The van der Waals surface area contributed by atoms with Gasteiger partial charge in [0, 0.05) is 12.1 Å². The number of furan rings is 1. The molecule has 3 aromatic rings. The summed E-state index contributed by atoms with van der Waals surface area (Å²) in [5.74, 6) is -0.576. The lowest BCUT2D eigenvalue weighted by molar-refractivity contribution is 0.103. The quantitative estimate of drug-likeness (QED) is 0.676. The van der Waals surface area contributed by atoms with E-state index < -0.39 is 5.76 Å². The predicted octanol–water partition coefficient (Wildman–Crippen LogP) is 2.44. The van der Waals surface area contributed by atoms with Crippen molar-refractivity contribution in [2.45, 2.75) is 13.5 Å². The monoisotopic (exact) mass is 257 g/mol. The van der Waals surface area contributed by atoms with Crippen LogP contribution in [0, 0.1) is 0 Å². The second-order valence-electron chi connectivity index (χ2n) is 4.14. The van der Waals surface area contributed by atoms with Crippen molar-refractivity contribution in [3.05, 3.63) is 58.5 Å². The Morgan fingerprint density at radius 1 is 1.26 bits per heavy atom. The van der Waals surface area contributed by atoms with Crippen LogP contribution < -0.4 is 5.76 Å². The Bertz CT molecular complexity index is 793. The molecular weight excluding hydrogens is 246 g/mol. The number of aromatic nitrogens is 1. The molecule has 0 amide bonds. The van der Waals surface area contributed by atoms with Crippen LogP contribution in [0.3, 0.4) is 0 Å². The molecule has 2 aromatic heterocycles. The highest BCUT2D eigenvalue weighted by Crippen LogP contribution is 2.18. The van der Waals surface area contributed by atoms with Gasteiger partial charge in [0.2, 0.25) is 0 Å². The number of oxazole rings is 1. The van der Waals surface area contributed by atoms with Gasteiger partial charge in [0.25, 0.3) is 0 Å². The molecule has 0 saturated carbocycles. The summed E-state index contributed by atoms with van der Waals surface area (Å²) >= 11 is 0. The lowest BCUT2D eigenvalue weighted by Gasteiger charge is -1.99. The molecule has 5 nitrogen and oxygen atoms in total. The molecule has 0 unspecified atom stereocenters. The smallest absolute Gasteiger partial charge is 0.419 e. The first-order chi connectivity index (χ1) is 9.20. The zero-order valence-corrected chi connectivity index (χ0v) is 10.3. The van der Waals surface area contributed by atoms with Crippen LogP contribution in [0.4, 0.5) is 0 Å². The van der Waals surface area contributed by atoms with E-state index in [4.69, 9.17) is 8.83 Å². The summed E-state index contributed by atoms with van der Waals surface area (Å²) in [6, 6.07) is 6.58. The first-order valence-corrected chi connectivity index (χ1v) is 5.91. The minimum atomic E-state index is -0.412. The van der Waals surface area contributed by atoms with Gasteiger partial charge in [-0.1, -0.05) is 0 Å². The molecule has 0 spiro atoms. The molecule has 2 heterocycles. The maximum Gasteiger partial charge on any atom is 0.419 e. The fraction of sp³-hybridized carbons (Fsp3) is 0.143. The number of aryl methyl sites for hydroxylation is 1. The average Bonchev–Trinajstić information content (AvgIpc) is 3.03. The second-order valence-corrected chi connectivity index (χ2v) is 4.14. The van der Waals surface area contributed by atoms with Gasteiger partial charge in [0.05, 0.1) is 17.3 Å². The predicted molar refractivity (Wildman–Crippen MR) is 68.3 cm³/mol. The first-order valence-electron chi connectivity index (χ1n) is 5.91. The summed E-state index contributed by atoms with van der Waals surface area (Å²) in [5.41, 5.74) is 2.04. The molecule has 3 rings (SSSR count). The summed E-state index contributed by atoms with van der Waals surface area (Å²) in [7, 11) is 0. The highest BCUT2D eigenvalue weighted by atomic mass is 16.4. The van der Waals surface area contributed by atoms with E-state index >= 15 is 0 Å². The van der Waals surface area contributed by atoms with E-state index in [1.807, 2.05) is 6.92 Å². The van der Waals surface area contributed by atoms with Crippen molar-refractivity contribution in [2.75, 3.05) is 0 Å². The Morgan fingerprint density at radius 2 is 2.11 bits per heavy atom. The lowest BCUT2D eigenvalue weighted by Crippen LogP contribution is -2.11. The maximum atomic E-state index is 12.1. The average molecular weight is 257 g/mol. The molecule has 0 aliphatic rings. The number of nitrogens with zero attached hydrogens (tertiary/aromatic N) is 1. The molecule has 0 N–H and O–H groups in total. The van der Waals surface area contributed by atoms with E-state index in [0.29, 0.717) is 28.8 Å². The molecule has 5 heteroatoms. The van der Waals surface area contributed by atoms with Crippen molar-refractivity contribution < 1.29 is 13.6 Å². The minimum Gasteiger partial charge on any atom is -0.472 e. The van der Waals surface area contributed by atoms with Crippen LogP contribution >= 0.6 is 0 Å². The molecule has 0 fully saturated rings. The van der Waals surface area contributed by atoms with Crippen LogP contribution in [0.25, 0.3) is 11.1 Å². The van der Waals surface area contributed by atoms with Crippen molar-refractivity contribution >= 4 is 16.9 Å². The highest BCUT2D eigenvalue weighted by Gasteiger charge is 2.14. The van der Waals surface area contributed by atoms with Crippen LogP contribution in [-0.4, -0.2) is 10.4 Å². The number of hydrogen-bond acceptors (Lipinski definition) is 4. The number of rotatable bonds is 3. The Morgan fingerprint density at radius 3 is 2.79 bits per heavy atom. The van der Waals surface area contributed by atoms with E-state index in [1.54, 1.807) is 24.3 Å². The Balaban J connectivity index is 2.13. The molecule has 1 aromatic carbocycles. The third-order valence-electron chi connectivity index (χ3n) is 3.03. The van der Waals surface area contributed by atoms with Crippen LogP contribution in [0.2, 0.25) is 0 Å². The Labute approximate surface area is 108 Å². The van der Waals surface area contributed by atoms with Crippen molar-refractivity contribution in [2.24, 2.45) is 0 Å². The zero-order chi connectivity index (χ0) is 13.4. The number of fused-ring (bicyclic) bond motifs is 1. The van der Waals surface area contributed by atoms with E-state index in [1.165, 1.54) is 17.1 Å². The summed E-state index contributed by atoms with van der Waals surface area (Å²) < 4.78 is 11.5. The Kier molecular flexibility index (Phi) is 2.59. The van der Waals surface area contributed by atoms with Crippen molar-refractivity contribution in [1.82, 2.24) is 4.57 Å². The van der Waals surface area contributed by atoms with Gasteiger partial charge in [-0.25, -0.2) is 4.79 Å². The molecule has 96 valence electrons. The molecular formula is C14H11NO4. The second kappa shape index (κ2) is 4.28. The fourth-order valence-corrected chi connectivity index (χ4v) is 2.07. The van der Waals surface area contributed by atoms with Gasteiger partial charge in [-0.3, -0.25) is 9.36 Å². The van der Waals surface area contributed by atoms with Gasteiger partial charge in [0.15, 0.2) is 11.4 Å². The molecule has 0 radical (unpaired) electrons. The summed E-state index contributed by atoms with van der Waals surface area (Å²) in [5, 5.41) is 0. The van der Waals surface area contributed by atoms with E-state index in [9.17, 15) is 9.59 Å². The molecule has 19 heavy (non-hydrogen) atoms. The summed E-state index contributed by atoms with van der Waals surface area (Å²) in [4.78, 5) is 23.7. The third-order valence-corrected chi connectivity index (χ3v) is 3.03. The first kappa shape index (κ1) is 11.5. The van der Waals surface area contributed by atoms with Gasteiger partial charge in [-0.15, -0.1) is 0 Å². The van der Waals surface area contributed by atoms with Crippen molar-refractivity contribution in [3.8, 4) is 0 Å². The van der Waals surface area contributed by atoms with Crippen molar-refractivity contribution in [1.29, 1.82) is 0 Å². The lowest BCUT2D eigenvalue weighted by atomic mass is 10.1. The summed E-state index contributed by atoms with van der Waals surface area (Å²) in [6.45, 7) is 2.39. The number of carbonyl (C=O) groups excluding carboxylic acids is 1. The molecule has 0 aliphatic heterocycles. The number of ketones is 1. The van der Waals surface area contributed by atoms with E-state index in [-0.39, 0.29) is 5.78 Å². The SMILES string of the molecule is CCn1c(=O)oc2cc(C(=O)c3ccoc3)ccc21. The van der Waals surface area contributed by atoms with E-state index in [2.05, 4.69) is 0 Å². The van der Waals surface area contributed by atoms with Crippen LogP contribution in [0.5, 0.6) is 0 Å². The van der Waals surface area contributed by atoms with Crippen molar-refractivity contribution in [3.63, 3.8) is 0 Å². The van der Waals surface area contributed by atoms with Gasteiger partial charge in [-0.2, -0.15) is 0 Å². The molecule has 0 aliphatic carbocycles. The zero-order valence-electron chi connectivity index (χ0n) is 10.3. The highest BCUT2D eigenvalue weighted by molar-refractivity contribution is 6.09. The fourth-order valence-electron chi connectivity index (χ4n) is 2.07. The van der Waals surface area contributed by atoms with Gasteiger partial charge in [0.1, 0.15) is 6.26 Å². The van der Waals surface area contributed by atoms with Gasteiger partial charge >= 0.3 is 5.76 Å². The molecule has 0 saturated heterocycles. The largest absolute Gasteiger partial charge is 0.472 e.